The van der Waals surface area contributed by atoms with Crippen LogP contribution in [0.3, 0.4) is 0 Å². The van der Waals surface area contributed by atoms with Gasteiger partial charge in [0.25, 0.3) is 5.91 Å². The fraction of sp³-hybridized carbons (Fsp3) is 0.609. The minimum absolute atomic E-state index is 0.0605. The van der Waals surface area contributed by atoms with E-state index in [9.17, 15) is 14.4 Å². The molecule has 3 unspecified atom stereocenters. The van der Waals surface area contributed by atoms with Crippen LogP contribution >= 0.6 is 0 Å². The van der Waals surface area contributed by atoms with Crippen molar-refractivity contribution >= 4 is 17.7 Å². The zero-order valence-corrected chi connectivity index (χ0v) is 18.6. The summed E-state index contributed by atoms with van der Waals surface area (Å²) in [5.41, 5.74) is 0.771. The molecule has 1 N–H and O–H groups in total. The average molecular weight is 446 g/mol. The molecule has 2 heterocycles. The molecule has 1 aromatic rings. The fourth-order valence-electron chi connectivity index (χ4n) is 5.02. The second kappa shape index (κ2) is 9.97. The highest BCUT2D eigenvalue weighted by molar-refractivity contribution is 6.07. The number of carbonyl (C=O) groups excluding carboxylic acids is 3. The lowest BCUT2D eigenvalue weighted by Crippen LogP contribution is -2.45. The third-order valence-electron chi connectivity index (χ3n) is 6.53. The number of methoxy groups -OCH3 is 2. The number of ether oxygens (including phenoxy) is 2. The summed E-state index contributed by atoms with van der Waals surface area (Å²) >= 11 is 0. The van der Waals surface area contributed by atoms with Crippen LogP contribution in [0.15, 0.2) is 24.3 Å². The number of amides is 3. The number of carbonyl (C=O) groups is 3. The molecule has 1 aliphatic carbocycles. The van der Waals surface area contributed by atoms with Crippen molar-refractivity contribution in [2.45, 2.75) is 50.3 Å². The lowest BCUT2D eigenvalue weighted by Gasteiger charge is -2.32. The number of rotatable bonds is 8. The van der Waals surface area contributed by atoms with Crippen LogP contribution in [0.5, 0.6) is 5.75 Å². The summed E-state index contributed by atoms with van der Waals surface area (Å²) in [6.45, 7) is 0.667. The third kappa shape index (κ3) is 4.37. The number of benzene rings is 1. The van der Waals surface area contributed by atoms with Crippen molar-refractivity contribution < 1.29 is 28.7 Å². The number of nitrogens with zero attached hydrogens (tertiary/aromatic N) is 2. The van der Waals surface area contributed by atoms with Gasteiger partial charge in [-0.2, -0.15) is 5.06 Å². The van der Waals surface area contributed by atoms with Crippen molar-refractivity contribution in [1.29, 1.82) is 0 Å². The first-order valence-electron chi connectivity index (χ1n) is 11.2. The summed E-state index contributed by atoms with van der Waals surface area (Å²) in [5.74, 6) is -0.817. The van der Waals surface area contributed by atoms with Crippen molar-refractivity contribution in [2.24, 2.45) is 5.92 Å². The molecule has 1 saturated carbocycles. The van der Waals surface area contributed by atoms with Gasteiger partial charge in [0.2, 0.25) is 11.8 Å². The molecule has 2 saturated heterocycles. The van der Waals surface area contributed by atoms with E-state index in [1.54, 1.807) is 14.2 Å². The van der Waals surface area contributed by atoms with E-state index in [2.05, 4.69) is 5.32 Å². The molecule has 4 rings (SSSR count). The Morgan fingerprint density at radius 3 is 2.66 bits per heavy atom. The van der Waals surface area contributed by atoms with E-state index in [0.717, 1.165) is 37.7 Å². The molecule has 3 aliphatic rings. The van der Waals surface area contributed by atoms with Crippen LogP contribution in [-0.2, 0) is 24.0 Å². The predicted molar refractivity (Wildman–Crippen MR) is 114 cm³/mol. The first kappa shape index (κ1) is 22.7. The summed E-state index contributed by atoms with van der Waals surface area (Å²) in [7, 11) is 3.13. The van der Waals surface area contributed by atoms with Gasteiger partial charge in [0, 0.05) is 19.7 Å². The topological polar surface area (TPSA) is 97.4 Å². The molecule has 3 atom stereocenters. The largest absolute Gasteiger partial charge is 0.497 e. The van der Waals surface area contributed by atoms with Crippen molar-refractivity contribution in [2.75, 3.05) is 33.9 Å². The van der Waals surface area contributed by atoms with Crippen molar-refractivity contribution in [3.63, 3.8) is 0 Å². The lowest BCUT2D eigenvalue weighted by molar-refractivity contribution is -0.184. The summed E-state index contributed by atoms with van der Waals surface area (Å²) in [5, 5.41) is 4.24. The normalized spacial score (nSPS) is 26.4. The molecule has 174 valence electrons. The predicted octanol–water partition coefficient (Wildman–Crippen LogP) is 1.43. The van der Waals surface area contributed by atoms with E-state index in [1.807, 2.05) is 24.3 Å². The zero-order valence-electron chi connectivity index (χ0n) is 18.6. The molecule has 0 radical (unpaired) electrons. The Hall–Kier alpha value is -2.49. The number of hydroxylamine groups is 2. The Morgan fingerprint density at radius 1 is 1.16 bits per heavy atom. The molecule has 3 amide bonds. The minimum atomic E-state index is -0.910. The summed E-state index contributed by atoms with van der Waals surface area (Å²) in [6, 6.07) is 6.72. The smallest absolute Gasteiger partial charge is 0.261 e. The van der Waals surface area contributed by atoms with Crippen molar-refractivity contribution in [3.8, 4) is 5.75 Å². The zero-order chi connectivity index (χ0) is 22.7. The van der Waals surface area contributed by atoms with Gasteiger partial charge in [-0.3, -0.25) is 24.1 Å². The van der Waals surface area contributed by atoms with Gasteiger partial charge >= 0.3 is 0 Å². The SMILES string of the molecule is COCCNC(=O)CN1OC2C(=O)N(C3CCCCC3)C(=O)C2C1c1cccc(OC)c1. The summed E-state index contributed by atoms with van der Waals surface area (Å²) < 4.78 is 10.3. The summed E-state index contributed by atoms with van der Waals surface area (Å²) in [4.78, 5) is 46.7. The number of fused-ring (bicyclic) bond motifs is 1. The van der Waals surface area contributed by atoms with Gasteiger partial charge in [-0.25, -0.2) is 0 Å². The Bertz CT molecular complexity index is 856. The van der Waals surface area contributed by atoms with E-state index >= 15 is 0 Å². The number of hydrogen-bond acceptors (Lipinski definition) is 7. The first-order chi connectivity index (χ1) is 15.5. The standard InChI is InChI=1S/C23H31N3O6/c1-30-12-11-24-18(27)14-25-20(15-7-6-10-17(13-15)31-2)19-21(32-25)23(29)26(22(19)28)16-8-4-3-5-9-16/h6-7,10,13,16,19-21H,3-5,8-9,11-12,14H2,1-2H3,(H,24,27). The molecule has 9 nitrogen and oxygen atoms in total. The van der Waals surface area contributed by atoms with Gasteiger partial charge in [-0.1, -0.05) is 31.4 Å². The van der Waals surface area contributed by atoms with E-state index < -0.39 is 18.1 Å². The maximum atomic E-state index is 13.5. The second-order valence-electron chi connectivity index (χ2n) is 8.53. The highest BCUT2D eigenvalue weighted by Crippen LogP contribution is 2.46. The molecule has 1 aromatic carbocycles. The third-order valence-corrected chi connectivity index (χ3v) is 6.53. The Labute approximate surface area is 187 Å². The van der Waals surface area contributed by atoms with Crippen LogP contribution in [-0.4, -0.2) is 73.7 Å². The van der Waals surface area contributed by atoms with Gasteiger partial charge < -0.3 is 14.8 Å². The fourth-order valence-corrected chi connectivity index (χ4v) is 5.02. The van der Waals surface area contributed by atoms with Crippen LogP contribution in [0.2, 0.25) is 0 Å². The average Bonchev–Trinajstić information content (AvgIpc) is 3.29. The van der Waals surface area contributed by atoms with Crippen molar-refractivity contribution in [1.82, 2.24) is 15.3 Å². The molecule has 0 bridgehead atoms. The van der Waals surface area contributed by atoms with Gasteiger partial charge in [0.1, 0.15) is 12.3 Å². The van der Waals surface area contributed by atoms with E-state index in [-0.39, 0.29) is 30.3 Å². The maximum absolute atomic E-state index is 13.5. The maximum Gasteiger partial charge on any atom is 0.261 e. The quantitative estimate of drug-likeness (QED) is 0.478. The molecule has 0 spiro atoms. The Morgan fingerprint density at radius 2 is 1.94 bits per heavy atom. The van der Waals surface area contributed by atoms with Crippen LogP contribution < -0.4 is 10.1 Å². The van der Waals surface area contributed by atoms with Crippen LogP contribution in [0.25, 0.3) is 0 Å². The van der Waals surface area contributed by atoms with E-state index in [4.69, 9.17) is 14.3 Å². The monoisotopic (exact) mass is 445 g/mol. The minimum Gasteiger partial charge on any atom is -0.497 e. The highest BCUT2D eigenvalue weighted by Gasteiger charge is 2.60. The molecule has 9 heteroatoms. The van der Waals surface area contributed by atoms with Gasteiger partial charge in [0.05, 0.1) is 25.7 Å². The number of likely N-dealkylation sites (tertiary alicyclic amines) is 1. The van der Waals surface area contributed by atoms with Gasteiger partial charge in [-0.15, -0.1) is 0 Å². The molecular weight excluding hydrogens is 414 g/mol. The first-order valence-corrected chi connectivity index (χ1v) is 11.2. The van der Waals surface area contributed by atoms with Crippen LogP contribution in [0.4, 0.5) is 0 Å². The number of nitrogens with one attached hydrogen (secondary N) is 1. The Balaban J connectivity index is 1.60. The molecule has 32 heavy (non-hydrogen) atoms. The second-order valence-corrected chi connectivity index (χ2v) is 8.53. The van der Waals surface area contributed by atoms with Crippen molar-refractivity contribution in [3.05, 3.63) is 29.8 Å². The molecule has 3 fully saturated rings. The summed E-state index contributed by atoms with van der Waals surface area (Å²) in [6.07, 6.45) is 3.94. The van der Waals surface area contributed by atoms with E-state index in [1.165, 1.54) is 9.96 Å². The van der Waals surface area contributed by atoms with Gasteiger partial charge in [0.15, 0.2) is 6.10 Å². The molecular formula is C23H31N3O6. The number of hydrogen-bond donors (Lipinski definition) is 1. The van der Waals surface area contributed by atoms with E-state index in [0.29, 0.717) is 18.9 Å². The van der Waals surface area contributed by atoms with Gasteiger partial charge in [-0.05, 0) is 30.5 Å². The molecule has 2 aliphatic heterocycles. The Kier molecular flexibility index (Phi) is 7.07. The van der Waals surface area contributed by atoms with Crippen LogP contribution in [0, 0.1) is 5.92 Å². The van der Waals surface area contributed by atoms with Crippen LogP contribution in [0.1, 0.15) is 43.7 Å². The lowest BCUT2D eigenvalue weighted by atomic mass is 9.90. The molecule has 0 aromatic heterocycles. The number of imide groups is 1. The highest BCUT2D eigenvalue weighted by atomic mass is 16.7.